The molecular weight excluding hydrogens is 270 g/mol. The average Bonchev–Trinajstić information content (AvgIpc) is 3.13. The van der Waals surface area contributed by atoms with Gasteiger partial charge in [-0.3, -0.25) is 0 Å². The number of carbonyl (C=O) groups is 1. The summed E-state index contributed by atoms with van der Waals surface area (Å²) in [4.78, 5) is 11.4. The van der Waals surface area contributed by atoms with E-state index in [4.69, 9.17) is 0 Å². The largest absolute Gasteiger partial charge is 0.347 e. The third kappa shape index (κ3) is 2.87. The summed E-state index contributed by atoms with van der Waals surface area (Å²) in [6, 6.07) is 12.8. The molecule has 2 heterocycles. The highest BCUT2D eigenvalue weighted by molar-refractivity contribution is 5.75. The van der Waals surface area contributed by atoms with E-state index in [1.165, 1.54) is 48.2 Å². The zero-order valence-corrected chi connectivity index (χ0v) is 13.4. The van der Waals surface area contributed by atoms with Crippen molar-refractivity contribution in [2.75, 3.05) is 0 Å². The van der Waals surface area contributed by atoms with Crippen molar-refractivity contribution >= 4 is 6.29 Å². The molecule has 1 unspecified atom stereocenters. The van der Waals surface area contributed by atoms with Gasteiger partial charge in [-0.15, -0.1) is 0 Å². The summed E-state index contributed by atoms with van der Waals surface area (Å²) in [5.74, 6) is 0.0691. The smallest absolute Gasteiger partial charge is 0.129 e. The van der Waals surface area contributed by atoms with Crippen LogP contribution in [0, 0.1) is 0 Å². The number of nitrogens with zero attached hydrogens (tertiary/aromatic N) is 1. The predicted octanol–water partition coefficient (Wildman–Crippen LogP) is 4.96. The first-order chi connectivity index (χ1) is 10.8. The minimum atomic E-state index is 0.0691. The molecule has 0 spiro atoms. The molecule has 3 rings (SSSR count). The van der Waals surface area contributed by atoms with Gasteiger partial charge < -0.3 is 9.36 Å². The monoisotopic (exact) mass is 295 g/mol. The Morgan fingerprint density at radius 3 is 2.73 bits per heavy atom. The molecule has 1 aliphatic heterocycles. The Morgan fingerprint density at radius 1 is 1.18 bits per heavy atom. The molecule has 2 nitrogen and oxygen atoms in total. The van der Waals surface area contributed by atoms with Gasteiger partial charge in [-0.05, 0) is 30.9 Å². The summed E-state index contributed by atoms with van der Waals surface area (Å²) in [6.45, 7) is 3.24. The minimum absolute atomic E-state index is 0.0691. The van der Waals surface area contributed by atoms with E-state index in [-0.39, 0.29) is 5.92 Å². The van der Waals surface area contributed by atoms with Crippen LogP contribution < -0.4 is 0 Å². The fourth-order valence-electron chi connectivity index (χ4n) is 3.61. The van der Waals surface area contributed by atoms with E-state index in [2.05, 4.69) is 41.8 Å². The maximum atomic E-state index is 11.4. The first-order valence-electron chi connectivity index (χ1n) is 8.58. The number of aromatic nitrogens is 1. The van der Waals surface area contributed by atoms with Crippen LogP contribution in [0.3, 0.4) is 0 Å². The molecule has 116 valence electrons. The molecule has 0 saturated heterocycles. The average molecular weight is 295 g/mol. The van der Waals surface area contributed by atoms with Crippen molar-refractivity contribution in [3.05, 3.63) is 47.8 Å². The molecule has 2 heteroatoms. The molecule has 1 atom stereocenters. The first-order valence-corrected chi connectivity index (χ1v) is 8.58. The lowest BCUT2D eigenvalue weighted by molar-refractivity contribution is -0.109. The van der Waals surface area contributed by atoms with Crippen LogP contribution in [0.5, 0.6) is 0 Å². The molecule has 0 radical (unpaired) electrons. The van der Waals surface area contributed by atoms with Crippen molar-refractivity contribution in [3.8, 4) is 11.1 Å². The Morgan fingerprint density at radius 2 is 2.00 bits per heavy atom. The number of aldehydes is 1. The number of benzene rings is 1. The van der Waals surface area contributed by atoms with E-state index in [1.807, 2.05) is 6.07 Å². The van der Waals surface area contributed by atoms with Crippen molar-refractivity contribution in [1.29, 1.82) is 0 Å². The highest BCUT2D eigenvalue weighted by Crippen LogP contribution is 2.38. The Bertz CT molecular complexity index is 627. The normalized spacial score (nSPS) is 16.7. The number of carbonyl (C=O) groups excluding carboxylic acids is 1. The maximum absolute atomic E-state index is 11.4. The predicted molar refractivity (Wildman–Crippen MR) is 91.1 cm³/mol. The molecule has 0 fully saturated rings. The molecule has 0 amide bonds. The number of rotatable bonds is 7. The molecule has 0 aliphatic carbocycles. The van der Waals surface area contributed by atoms with Crippen LogP contribution in [0.1, 0.15) is 56.3 Å². The number of hydrogen-bond donors (Lipinski definition) is 0. The summed E-state index contributed by atoms with van der Waals surface area (Å²) in [5, 5.41) is 0. The molecule has 0 bridgehead atoms. The molecular formula is C20H25NO. The molecule has 0 saturated carbocycles. The van der Waals surface area contributed by atoms with Crippen LogP contribution in [0.4, 0.5) is 0 Å². The quantitative estimate of drug-likeness (QED) is 0.522. The number of aryl methyl sites for hydroxylation is 1. The summed E-state index contributed by atoms with van der Waals surface area (Å²) >= 11 is 0. The van der Waals surface area contributed by atoms with Gasteiger partial charge in [0.2, 0.25) is 0 Å². The van der Waals surface area contributed by atoms with Crippen molar-refractivity contribution in [1.82, 2.24) is 4.57 Å². The van der Waals surface area contributed by atoms with Gasteiger partial charge in [-0.25, -0.2) is 0 Å². The lowest BCUT2D eigenvalue weighted by atomic mass is 9.97. The second-order valence-corrected chi connectivity index (χ2v) is 6.29. The van der Waals surface area contributed by atoms with Crippen LogP contribution in [-0.4, -0.2) is 10.9 Å². The molecule has 22 heavy (non-hydrogen) atoms. The van der Waals surface area contributed by atoms with E-state index in [1.54, 1.807) is 0 Å². The zero-order valence-electron chi connectivity index (χ0n) is 13.4. The number of hydrogen-bond acceptors (Lipinski definition) is 1. The van der Waals surface area contributed by atoms with Gasteiger partial charge in [0.05, 0.1) is 5.92 Å². The van der Waals surface area contributed by atoms with Crippen molar-refractivity contribution in [2.45, 2.75) is 57.9 Å². The third-order valence-corrected chi connectivity index (χ3v) is 4.77. The van der Waals surface area contributed by atoms with Gasteiger partial charge >= 0.3 is 0 Å². The van der Waals surface area contributed by atoms with Gasteiger partial charge in [-0.2, -0.15) is 0 Å². The fraction of sp³-hybridized carbons (Fsp3) is 0.450. The van der Waals surface area contributed by atoms with Crippen molar-refractivity contribution in [3.63, 3.8) is 0 Å². The maximum Gasteiger partial charge on any atom is 0.129 e. The van der Waals surface area contributed by atoms with Crippen LogP contribution in [-0.2, 0) is 17.8 Å². The van der Waals surface area contributed by atoms with Crippen LogP contribution in [0.25, 0.3) is 11.1 Å². The first kappa shape index (κ1) is 15.1. The van der Waals surface area contributed by atoms with Crippen molar-refractivity contribution in [2.24, 2.45) is 0 Å². The standard InChI is InChI=1S/C20H25NO/c1-2-3-4-8-11-18-14-19(16-9-6-5-7-10-16)20-17(15-22)12-13-21(18)20/h5-7,9-10,14-15,17H,2-4,8,11-13H2,1H3. The summed E-state index contributed by atoms with van der Waals surface area (Å²) in [6.07, 6.45) is 8.36. The van der Waals surface area contributed by atoms with Crippen LogP contribution in [0.15, 0.2) is 36.4 Å². The summed E-state index contributed by atoms with van der Waals surface area (Å²) in [5.41, 5.74) is 5.15. The Hall–Kier alpha value is -1.83. The fourth-order valence-corrected chi connectivity index (χ4v) is 3.61. The van der Waals surface area contributed by atoms with E-state index >= 15 is 0 Å². The van der Waals surface area contributed by atoms with Gasteiger partial charge in [0.25, 0.3) is 0 Å². The van der Waals surface area contributed by atoms with Crippen LogP contribution in [0.2, 0.25) is 0 Å². The van der Waals surface area contributed by atoms with Gasteiger partial charge in [0, 0.05) is 23.5 Å². The van der Waals surface area contributed by atoms with Gasteiger partial charge in [0.1, 0.15) is 6.29 Å². The van der Waals surface area contributed by atoms with Crippen LogP contribution >= 0.6 is 0 Å². The Balaban J connectivity index is 1.91. The topological polar surface area (TPSA) is 22.0 Å². The van der Waals surface area contributed by atoms with Crippen molar-refractivity contribution < 1.29 is 4.79 Å². The lowest BCUT2D eigenvalue weighted by Gasteiger charge is -2.07. The minimum Gasteiger partial charge on any atom is -0.347 e. The van der Waals surface area contributed by atoms with E-state index in [0.29, 0.717) is 0 Å². The van der Waals surface area contributed by atoms with E-state index < -0.39 is 0 Å². The summed E-state index contributed by atoms with van der Waals surface area (Å²) < 4.78 is 2.41. The molecule has 1 aromatic heterocycles. The van der Waals surface area contributed by atoms with E-state index in [9.17, 15) is 4.79 Å². The number of fused-ring (bicyclic) bond motifs is 1. The van der Waals surface area contributed by atoms with Gasteiger partial charge in [-0.1, -0.05) is 56.5 Å². The highest BCUT2D eigenvalue weighted by Gasteiger charge is 2.28. The molecule has 0 N–H and O–H groups in total. The zero-order chi connectivity index (χ0) is 15.4. The summed E-state index contributed by atoms with van der Waals surface area (Å²) in [7, 11) is 0. The third-order valence-electron chi connectivity index (χ3n) is 4.77. The lowest BCUT2D eigenvalue weighted by Crippen LogP contribution is -2.00. The SMILES string of the molecule is CCCCCCc1cc(-c2ccccc2)c2n1CCC2C=O. The number of unbranched alkanes of at least 4 members (excludes halogenated alkanes) is 3. The second-order valence-electron chi connectivity index (χ2n) is 6.29. The van der Waals surface area contributed by atoms with Gasteiger partial charge in [0.15, 0.2) is 0 Å². The molecule has 1 aromatic carbocycles. The molecule has 2 aromatic rings. The Kier molecular flexibility index (Phi) is 4.77. The molecule has 1 aliphatic rings. The highest BCUT2D eigenvalue weighted by atomic mass is 16.1. The van der Waals surface area contributed by atoms with E-state index in [0.717, 1.165) is 25.7 Å². The second kappa shape index (κ2) is 6.95. The Labute approximate surface area is 133 Å².